The third-order valence-corrected chi connectivity index (χ3v) is 3.17. The molecule has 0 aromatic heterocycles. The summed E-state index contributed by atoms with van der Waals surface area (Å²) in [6.07, 6.45) is 2.06. The number of hydrogen-bond acceptors (Lipinski definition) is 3. The van der Waals surface area contributed by atoms with Crippen LogP contribution in [0, 0.1) is 11.8 Å². The molecule has 0 amide bonds. The maximum Gasteiger partial charge on any atom is 0.275 e. The molecule has 0 aliphatic heterocycles. The summed E-state index contributed by atoms with van der Waals surface area (Å²) in [5.74, 6) is 0.113. The Balaban J connectivity index is 4.56. The first-order valence-electron chi connectivity index (χ1n) is 5.21. The van der Waals surface area contributed by atoms with E-state index in [1.807, 2.05) is 0 Å². The van der Waals surface area contributed by atoms with E-state index in [0.29, 0.717) is 22.3 Å². The largest absolute Gasteiger partial charge is 0.380 e. The molecule has 1 atom stereocenters. The standard InChI is InChI=1S/C10H24O3Si/c1-6-9(7-8(2)3)10(11-4,12-5)13-14/h8-9H,6-7H2,1-5,14H3. The smallest absolute Gasteiger partial charge is 0.275 e. The summed E-state index contributed by atoms with van der Waals surface area (Å²) < 4.78 is 16.2. The van der Waals surface area contributed by atoms with Gasteiger partial charge in [0.2, 0.25) is 0 Å². The van der Waals surface area contributed by atoms with Gasteiger partial charge in [0.1, 0.15) is 0 Å². The zero-order valence-electron chi connectivity index (χ0n) is 10.3. The summed E-state index contributed by atoms with van der Waals surface area (Å²) in [6, 6.07) is 0. The molecule has 4 heteroatoms. The van der Waals surface area contributed by atoms with Crippen LogP contribution >= 0.6 is 0 Å². The second-order valence-electron chi connectivity index (χ2n) is 3.95. The molecule has 0 bridgehead atoms. The molecule has 0 aliphatic rings. The van der Waals surface area contributed by atoms with Gasteiger partial charge in [-0.25, -0.2) is 0 Å². The van der Waals surface area contributed by atoms with Gasteiger partial charge in [0.25, 0.3) is 5.97 Å². The molecule has 0 aromatic carbocycles. The van der Waals surface area contributed by atoms with Crippen LogP contribution < -0.4 is 0 Å². The first kappa shape index (κ1) is 14.1. The van der Waals surface area contributed by atoms with E-state index in [4.69, 9.17) is 13.9 Å². The average Bonchev–Trinajstić information content (AvgIpc) is 2.19. The molecule has 0 N–H and O–H groups in total. The molecule has 0 spiro atoms. The fraction of sp³-hybridized carbons (Fsp3) is 1.00. The lowest BCUT2D eigenvalue weighted by molar-refractivity contribution is -0.352. The molecule has 0 radical (unpaired) electrons. The van der Waals surface area contributed by atoms with E-state index >= 15 is 0 Å². The summed E-state index contributed by atoms with van der Waals surface area (Å²) >= 11 is 0. The van der Waals surface area contributed by atoms with Crippen LogP contribution in [0.1, 0.15) is 33.6 Å². The maximum atomic E-state index is 5.48. The zero-order chi connectivity index (χ0) is 11.2. The van der Waals surface area contributed by atoms with E-state index < -0.39 is 5.97 Å². The Labute approximate surface area is 90.7 Å². The van der Waals surface area contributed by atoms with E-state index in [-0.39, 0.29) is 0 Å². The van der Waals surface area contributed by atoms with Crippen molar-refractivity contribution in [2.24, 2.45) is 11.8 Å². The van der Waals surface area contributed by atoms with Crippen molar-refractivity contribution in [3.8, 4) is 0 Å². The molecule has 1 unspecified atom stereocenters. The van der Waals surface area contributed by atoms with E-state index in [1.54, 1.807) is 14.2 Å². The average molecular weight is 220 g/mol. The first-order chi connectivity index (χ1) is 6.56. The molecule has 0 saturated heterocycles. The fourth-order valence-corrected chi connectivity index (χ4v) is 2.55. The summed E-state index contributed by atoms with van der Waals surface area (Å²) in [6.45, 7) is 6.54. The van der Waals surface area contributed by atoms with E-state index in [1.165, 1.54) is 0 Å². The molecule has 86 valence electrons. The van der Waals surface area contributed by atoms with Crippen molar-refractivity contribution in [3.63, 3.8) is 0 Å². The lowest BCUT2D eigenvalue weighted by Crippen LogP contribution is -2.44. The molecule has 3 nitrogen and oxygen atoms in total. The Kier molecular flexibility index (Phi) is 6.60. The van der Waals surface area contributed by atoms with Crippen molar-refractivity contribution < 1.29 is 13.9 Å². The monoisotopic (exact) mass is 220 g/mol. The van der Waals surface area contributed by atoms with Crippen LogP contribution in [0.4, 0.5) is 0 Å². The Morgan fingerprint density at radius 1 is 1.21 bits per heavy atom. The zero-order valence-corrected chi connectivity index (χ0v) is 12.3. The van der Waals surface area contributed by atoms with Gasteiger partial charge in [-0.05, 0) is 18.8 Å². The topological polar surface area (TPSA) is 27.7 Å². The van der Waals surface area contributed by atoms with Crippen molar-refractivity contribution in [1.29, 1.82) is 0 Å². The lowest BCUT2D eigenvalue weighted by Gasteiger charge is -2.37. The minimum atomic E-state index is -0.814. The third kappa shape index (κ3) is 3.35. The van der Waals surface area contributed by atoms with Gasteiger partial charge >= 0.3 is 0 Å². The summed E-state index contributed by atoms with van der Waals surface area (Å²) in [5, 5.41) is 0. The van der Waals surface area contributed by atoms with E-state index in [9.17, 15) is 0 Å². The lowest BCUT2D eigenvalue weighted by atomic mass is 9.92. The van der Waals surface area contributed by atoms with Crippen LogP contribution in [0.2, 0.25) is 0 Å². The predicted octanol–water partition coefficient (Wildman–Crippen LogP) is 1.30. The van der Waals surface area contributed by atoms with E-state index in [2.05, 4.69) is 20.8 Å². The minimum absolute atomic E-state index is 0.301. The van der Waals surface area contributed by atoms with Gasteiger partial charge < -0.3 is 13.9 Å². The normalized spacial score (nSPS) is 15.0. The first-order valence-corrected chi connectivity index (χ1v) is 6.03. The Morgan fingerprint density at radius 3 is 1.93 bits per heavy atom. The Bertz CT molecular complexity index is 138. The molecule has 0 aliphatic carbocycles. The molecule has 0 heterocycles. The van der Waals surface area contributed by atoms with Gasteiger partial charge in [-0.3, -0.25) is 0 Å². The van der Waals surface area contributed by atoms with Crippen molar-refractivity contribution >= 4 is 10.5 Å². The van der Waals surface area contributed by atoms with Crippen LogP contribution in [0.5, 0.6) is 0 Å². The summed E-state index contributed by atoms with van der Waals surface area (Å²) in [4.78, 5) is 0. The van der Waals surface area contributed by atoms with Crippen LogP contribution in [-0.2, 0) is 13.9 Å². The van der Waals surface area contributed by atoms with E-state index in [0.717, 1.165) is 12.8 Å². The third-order valence-electron chi connectivity index (χ3n) is 2.60. The van der Waals surface area contributed by atoms with Crippen LogP contribution in [-0.4, -0.2) is 30.7 Å². The van der Waals surface area contributed by atoms with Crippen molar-refractivity contribution in [1.82, 2.24) is 0 Å². The molecule has 0 aromatic rings. The van der Waals surface area contributed by atoms with Crippen LogP contribution in [0.3, 0.4) is 0 Å². The fourth-order valence-electron chi connectivity index (χ4n) is 1.88. The number of hydrogen-bond donors (Lipinski definition) is 0. The van der Waals surface area contributed by atoms with Gasteiger partial charge in [0.05, 0.1) is 0 Å². The number of methoxy groups -OCH3 is 2. The molecule has 0 saturated carbocycles. The second kappa shape index (κ2) is 6.56. The SMILES string of the molecule is CCC(CC(C)C)C(OC)(OC)O[SiH3]. The van der Waals surface area contributed by atoms with Gasteiger partial charge in [-0.2, -0.15) is 0 Å². The minimum Gasteiger partial charge on any atom is -0.380 e. The van der Waals surface area contributed by atoms with Gasteiger partial charge in [0.15, 0.2) is 10.5 Å². The highest BCUT2D eigenvalue weighted by atomic mass is 28.2. The molecule has 0 rings (SSSR count). The second-order valence-corrected chi connectivity index (χ2v) is 4.36. The summed E-state index contributed by atoms with van der Waals surface area (Å²) in [5.41, 5.74) is 0. The van der Waals surface area contributed by atoms with Gasteiger partial charge in [-0.15, -0.1) is 0 Å². The quantitative estimate of drug-likeness (QED) is 0.478. The van der Waals surface area contributed by atoms with Crippen molar-refractivity contribution in [2.75, 3.05) is 14.2 Å². The van der Waals surface area contributed by atoms with Crippen molar-refractivity contribution in [3.05, 3.63) is 0 Å². The predicted molar refractivity (Wildman–Crippen MR) is 61.0 cm³/mol. The maximum absolute atomic E-state index is 5.48. The highest BCUT2D eigenvalue weighted by molar-refractivity contribution is 5.98. The highest BCUT2D eigenvalue weighted by Gasteiger charge is 2.38. The van der Waals surface area contributed by atoms with Gasteiger partial charge in [0, 0.05) is 20.1 Å². The summed E-state index contributed by atoms with van der Waals surface area (Å²) in [7, 11) is 3.90. The van der Waals surface area contributed by atoms with Gasteiger partial charge in [-0.1, -0.05) is 20.8 Å². The number of ether oxygens (including phenoxy) is 2. The Hall–Kier alpha value is 0.0969. The van der Waals surface area contributed by atoms with Crippen molar-refractivity contribution in [2.45, 2.75) is 39.6 Å². The Morgan fingerprint density at radius 2 is 1.71 bits per heavy atom. The highest BCUT2D eigenvalue weighted by Crippen LogP contribution is 2.31. The molecule has 14 heavy (non-hydrogen) atoms. The van der Waals surface area contributed by atoms with Crippen LogP contribution in [0.25, 0.3) is 0 Å². The molecular formula is C10H24O3Si. The molecular weight excluding hydrogens is 196 g/mol. The number of rotatable bonds is 7. The molecule has 0 fully saturated rings. The van der Waals surface area contributed by atoms with Crippen LogP contribution in [0.15, 0.2) is 0 Å².